The predicted molar refractivity (Wildman–Crippen MR) is 77.6 cm³/mol. The van der Waals surface area contributed by atoms with Crippen molar-refractivity contribution in [2.75, 3.05) is 5.32 Å². The van der Waals surface area contributed by atoms with Gasteiger partial charge in [0.1, 0.15) is 5.52 Å². The molecule has 2 aromatic carbocycles. The molecule has 1 N–H and O–H groups in total. The normalized spacial score (nSPS) is 10.7. The molecular formula is C16H14N2O2. The Morgan fingerprint density at radius 1 is 1.15 bits per heavy atom. The molecule has 0 atom stereocenters. The standard InChI is InChI=1S/C16H14N2O2/c1-11(19)17-13-8-6-12(7-9-13)10-16-18-14-4-2-3-5-15(14)20-16/h2-9H,10H2,1H3,(H,17,19). The van der Waals surface area contributed by atoms with Crippen LogP contribution in [0.5, 0.6) is 0 Å². The third kappa shape index (κ3) is 2.69. The molecule has 4 nitrogen and oxygen atoms in total. The van der Waals surface area contributed by atoms with Gasteiger partial charge >= 0.3 is 0 Å². The molecule has 0 unspecified atom stereocenters. The number of hydrogen-bond donors (Lipinski definition) is 1. The highest BCUT2D eigenvalue weighted by atomic mass is 16.3. The molecule has 1 aromatic heterocycles. The van der Waals surface area contributed by atoms with Crippen LogP contribution in [0.2, 0.25) is 0 Å². The molecule has 0 saturated carbocycles. The summed E-state index contributed by atoms with van der Waals surface area (Å²) in [5.74, 6) is 0.621. The third-order valence-electron chi connectivity index (χ3n) is 2.97. The Labute approximate surface area is 116 Å². The van der Waals surface area contributed by atoms with Crippen molar-refractivity contribution in [3.8, 4) is 0 Å². The second kappa shape index (κ2) is 5.17. The minimum atomic E-state index is -0.0725. The van der Waals surface area contributed by atoms with E-state index < -0.39 is 0 Å². The molecule has 100 valence electrons. The van der Waals surface area contributed by atoms with Crippen LogP contribution in [0.1, 0.15) is 18.4 Å². The molecular weight excluding hydrogens is 252 g/mol. The Balaban J connectivity index is 1.78. The van der Waals surface area contributed by atoms with Gasteiger partial charge in [0.25, 0.3) is 0 Å². The molecule has 0 aliphatic carbocycles. The molecule has 0 spiro atoms. The van der Waals surface area contributed by atoms with Crippen molar-refractivity contribution in [1.29, 1.82) is 0 Å². The largest absolute Gasteiger partial charge is 0.440 e. The van der Waals surface area contributed by atoms with Crippen LogP contribution in [0.25, 0.3) is 11.1 Å². The van der Waals surface area contributed by atoms with Crippen LogP contribution in [0.3, 0.4) is 0 Å². The SMILES string of the molecule is CC(=O)Nc1ccc(Cc2nc3ccccc3o2)cc1. The monoisotopic (exact) mass is 266 g/mol. The van der Waals surface area contributed by atoms with Gasteiger partial charge in [-0.25, -0.2) is 4.98 Å². The molecule has 0 saturated heterocycles. The van der Waals surface area contributed by atoms with E-state index in [1.807, 2.05) is 48.5 Å². The maximum atomic E-state index is 11.0. The number of benzene rings is 2. The molecule has 4 heteroatoms. The smallest absolute Gasteiger partial charge is 0.221 e. The predicted octanol–water partition coefficient (Wildman–Crippen LogP) is 3.38. The summed E-state index contributed by atoms with van der Waals surface area (Å²) in [5, 5.41) is 2.74. The lowest BCUT2D eigenvalue weighted by molar-refractivity contribution is -0.114. The van der Waals surface area contributed by atoms with Crippen LogP contribution in [-0.4, -0.2) is 10.9 Å². The average molecular weight is 266 g/mol. The van der Waals surface area contributed by atoms with Gasteiger partial charge in [-0.05, 0) is 29.8 Å². The van der Waals surface area contributed by atoms with E-state index >= 15 is 0 Å². The Morgan fingerprint density at radius 2 is 1.90 bits per heavy atom. The molecule has 20 heavy (non-hydrogen) atoms. The molecule has 3 rings (SSSR count). The second-order valence-corrected chi connectivity index (χ2v) is 4.63. The Kier molecular flexibility index (Phi) is 3.21. The summed E-state index contributed by atoms with van der Waals surface area (Å²) in [4.78, 5) is 15.4. The second-order valence-electron chi connectivity index (χ2n) is 4.63. The number of hydrogen-bond acceptors (Lipinski definition) is 3. The fourth-order valence-corrected chi connectivity index (χ4v) is 2.08. The number of amides is 1. The molecule has 0 bridgehead atoms. The number of para-hydroxylation sites is 2. The summed E-state index contributed by atoms with van der Waals surface area (Å²) in [6.45, 7) is 1.49. The van der Waals surface area contributed by atoms with E-state index in [0.29, 0.717) is 12.3 Å². The number of rotatable bonds is 3. The van der Waals surface area contributed by atoms with Gasteiger partial charge in [-0.15, -0.1) is 0 Å². The van der Waals surface area contributed by atoms with Crippen LogP contribution >= 0.6 is 0 Å². The van der Waals surface area contributed by atoms with E-state index in [1.165, 1.54) is 6.92 Å². The minimum Gasteiger partial charge on any atom is -0.440 e. The highest BCUT2D eigenvalue weighted by molar-refractivity contribution is 5.88. The van der Waals surface area contributed by atoms with Crippen LogP contribution in [0, 0.1) is 0 Å². The highest BCUT2D eigenvalue weighted by Gasteiger charge is 2.06. The lowest BCUT2D eigenvalue weighted by atomic mass is 10.1. The van der Waals surface area contributed by atoms with Gasteiger partial charge in [0.15, 0.2) is 11.5 Å². The zero-order chi connectivity index (χ0) is 13.9. The Bertz CT molecular complexity index is 712. The van der Waals surface area contributed by atoms with E-state index in [4.69, 9.17) is 4.42 Å². The maximum absolute atomic E-state index is 11.0. The van der Waals surface area contributed by atoms with Crippen molar-refractivity contribution >= 4 is 22.7 Å². The molecule has 1 amide bonds. The lowest BCUT2D eigenvalue weighted by Crippen LogP contribution is -2.05. The number of oxazole rings is 1. The highest BCUT2D eigenvalue weighted by Crippen LogP contribution is 2.18. The maximum Gasteiger partial charge on any atom is 0.221 e. The van der Waals surface area contributed by atoms with Crippen LogP contribution in [0.15, 0.2) is 52.9 Å². The molecule has 0 aliphatic rings. The van der Waals surface area contributed by atoms with E-state index in [2.05, 4.69) is 10.3 Å². The van der Waals surface area contributed by atoms with E-state index in [0.717, 1.165) is 22.4 Å². The van der Waals surface area contributed by atoms with E-state index in [1.54, 1.807) is 0 Å². The van der Waals surface area contributed by atoms with Gasteiger partial charge in [0.2, 0.25) is 5.91 Å². The Hall–Kier alpha value is -2.62. The molecule has 0 radical (unpaired) electrons. The first-order valence-corrected chi connectivity index (χ1v) is 6.42. The van der Waals surface area contributed by atoms with Crippen LogP contribution < -0.4 is 5.32 Å². The first-order valence-electron chi connectivity index (χ1n) is 6.42. The first-order chi connectivity index (χ1) is 9.70. The number of fused-ring (bicyclic) bond motifs is 1. The molecule has 0 fully saturated rings. The van der Waals surface area contributed by atoms with Crippen molar-refractivity contribution in [1.82, 2.24) is 4.98 Å². The number of aromatic nitrogens is 1. The van der Waals surface area contributed by atoms with Gasteiger partial charge in [-0.1, -0.05) is 24.3 Å². The van der Waals surface area contributed by atoms with Gasteiger partial charge in [-0.2, -0.15) is 0 Å². The fraction of sp³-hybridized carbons (Fsp3) is 0.125. The van der Waals surface area contributed by atoms with Crippen LogP contribution in [0.4, 0.5) is 5.69 Å². The number of anilines is 1. The average Bonchev–Trinajstić information content (AvgIpc) is 2.82. The van der Waals surface area contributed by atoms with Crippen LogP contribution in [-0.2, 0) is 11.2 Å². The molecule has 1 heterocycles. The summed E-state index contributed by atoms with van der Waals surface area (Å²) in [7, 11) is 0. The summed E-state index contributed by atoms with van der Waals surface area (Å²) in [5.41, 5.74) is 3.55. The Morgan fingerprint density at radius 3 is 2.60 bits per heavy atom. The third-order valence-corrected chi connectivity index (χ3v) is 2.97. The number of nitrogens with zero attached hydrogens (tertiary/aromatic N) is 1. The molecule has 0 aliphatic heterocycles. The minimum absolute atomic E-state index is 0.0725. The zero-order valence-corrected chi connectivity index (χ0v) is 11.1. The zero-order valence-electron chi connectivity index (χ0n) is 11.1. The van der Waals surface area contributed by atoms with E-state index in [9.17, 15) is 4.79 Å². The van der Waals surface area contributed by atoms with Crippen molar-refractivity contribution in [3.05, 3.63) is 60.0 Å². The number of carbonyl (C=O) groups is 1. The molecule has 3 aromatic rings. The lowest BCUT2D eigenvalue weighted by Gasteiger charge is -2.02. The van der Waals surface area contributed by atoms with Crippen molar-refractivity contribution < 1.29 is 9.21 Å². The van der Waals surface area contributed by atoms with Crippen molar-refractivity contribution in [2.24, 2.45) is 0 Å². The van der Waals surface area contributed by atoms with Crippen molar-refractivity contribution in [3.63, 3.8) is 0 Å². The number of nitrogens with one attached hydrogen (secondary N) is 1. The quantitative estimate of drug-likeness (QED) is 0.790. The topological polar surface area (TPSA) is 55.1 Å². The summed E-state index contributed by atoms with van der Waals surface area (Å²) in [6, 6.07) is 15.4. The van der Waals surface area contributed by atoms with Gasteiger partial charge in [-0.3, -0.25) is 4.79 Å². The first kappa shape index (κ1) is 12.4. The van der Waals surface area contributed by atoms with Gasteiger partial charge in [0, 0.05) is 19.0 Å². The summed E-state index contributed by atoms with van der Waals surface area (Å²) in [6.07, 6.45) is 0.634. The number of carbonyl (C=O) groups excluding carboxylic acids is 1. The fourth-order valence-electron chi connectivity index (χ4n) is 2.08. The van der Waals surface area contributed by atoms with Gasteiger partial charge < -0.3 is 9.73 Å². The van der Waals surface area contributed by atoms with Gasteiger partial charge in [0.05, 0.1) is 0 Å². The summed E-state index contributed by atoms with van der Waals surface area (Å²) < 4.78 is 5.69. The summed E-state index contributed by atoms with van der Waals surface area (Å²) >= 11 is 0. The van der Waals surface area contributed by atoms with E-state index in [-0.39, 0.29) is 5.91 Å². The van der Waals surface area contributed by atoms with Crippen molar-refractivity contribution in [2.45, 2.75) is 13.3 Å².